The number of benzene rings is 1. The molecule has 0 aliphatic carbocycles. The van der Waals surface area contributed by atoms with Crippen molar-refractivity contribution in [2.75, 3.05) is 42.1 Å². The van der Waals surface area contributed by atoms with Crippen LogP contribution in [0.4, 0.5) is 16.5 Å². The molecule has 1 fully saturated rings. The van der Waals surface area contributed by atoms with Crippen molar-refractivity contribution in [3.63, 3.8) is 0 Å². The van der Waals surface area contributed by atoms with E-state index in [1.54, 1.807) is 11.3 Å². The molecule has 4 rings (SSSR count). The number of hydrogen-bond donors (Lipinski definition) is 3. The van der Waals surface area contributed by atoms with Crippen molar-refractivity contribution >= 4 is 45.1 Å². The number of aryl methyl sites for hydroxylation is 1. The van der Waals surface area contributed by atoms with Gasteiger partial charge in [-0.3, -0.25) is 4.79 Å². The van der Waals surface area contributed by atoms with E-state index < -0.39 is 0 Å². The number of anilines is 3. The lowest BCUT2D eigenvalue weighted by atomic mass is 10.1. The first kappa shape index (κ1) is 18.0. The van der Waals surface area contributed by atoms with Gasteiger partial charge in [0.1, 0.15) is 4.88 Å². The molecule has 0 spiro atoms. The van der Waals surface area contributed by atoms with Crippen LogP contribution in [-0.4, -0.2) is 37.1 Å². The number of rotatable bonds is 4. The number of nitrogens with zero attached hydrogens (tertiary/aromatic N) is 2. The van der Waals surface area contributed by atoms with Gasteiger partial charge in [0, 0.05) is 31.1 Å². The van der Waals surface area contributed by atoms with Crippen molar-refractivity contribution in [2.45, 2.75) is 6.92 Å². The Morgan fingerprint density at radius 1 is 1.30 bits per heavy atom. The summed E-state index contributed by atoms with van der Waals surface area (Å²) in [5, 5.41) is 9.23. The van der Waals surface area contributed by atoms with Gasteiger partial charge >= 0.3 is 0 Å². The van der Waals surface area contributed by atoms with Crippen molar-refractivity contribution in [2.24, 2.45) is 0 Å². The van der Waals surface area contributed by atoms with E-state index in [-0.39, 0.29) is 5.91 Å². The molecule has 8 heteroatoms. The summed E-state index contributed by atoms with van der Waals surface area (Å²) < 4.78 is 0. The molecule has 6 nitrogen and oxygen atoms in total. The lowest BCUT2D eigenvalue weighted by Gasteiger charge is -2.26. The molecule has 3 aromatic rings. The van der Waals surface area contributed by atoms with Gasteiger partial charge in [-0.05, 0) is 36.1 Å². The summed E-state index contributed by atoms with van der Waals surface area (Å²) in [5.74, 6) is -0.165. The smallest absolute Gasteiger partial charge is 0.267 e. The Morgan fingerprint density at radius 2 is 2.11 bits per heavy atom. The SMILES string of the molecule is Cc1nc(N2CCNCC2)sc1C(=O)Nc1cc(-c2cccs2)ccc1N. The molecule has 0 bridgehead atoms. The van der Waals surface area contributed by atoms with Crippen molar-refractivity contribution in [1.82, 2.24) is 10.3 Å². The maximum atomic E-state index is 12.9. The largest absolute Gasteiger partial charge is 0.397 e. The fourth-order valence-corrected chi connectivity index (χ4v) is 4.76. The molecule has 0 saturated carbocycles. The number of hydrogen-bond acceptors (Lipinski definition) is 7. The van der Waals surface area contributed by atoms with Crippen LogP contribution in [0.5, 0.6) is 0 Å². The molecule has 1 amide bonds. The van der Waals surface area contributed by atoms with Crippen LogP contribution in [0.25, 0.3) is 10.4 Å². The Balaban J connectivity index is 1.56. The number of amides is 1. The second kappa shape index (κ2) is 7.67. The Morgan fingerprint density at radius 3 is 2.85 bits per heavy atom. The Hall–Kier alpha value is -2.42. The fourth-order valence-electron chi connectivity index (χ4n) is 3.02. The quantitative estimate of drug-likeness (QED) is 0.586. The monoisotopic (exact) mass is 399 g/mol. The lowest BCUT2D eigenvalue weighted by molar-refractivity contribution is 0.103. The minimum Gasteiger partial charge on any atom is -0.397 e. The highest BCUT2D eigenvalue weighted by Crippen LogP contribution is 2.32. The van der Waals surface area contributed by atoms with Crippen LogP contribution in [0.1, 0.15) is 15.4 Å². The zero-order valence-corrected chi connectivity index (χ0v) is 16.6. The highest BCUT2D eigenvalue weighted by atomic mass is 32.1. The molecule has 0 atom stereocenters. The van der Waals surface area contributed by atoms with Gasteiger partial charge < -0.3 is 21.3 Å². The predicted molar refractivity (Wildman–Crippen MR) is 114 cm³/mol. The van der Waals surface area contributed by atoms with Crippen molar-refractivity contribution in [3.05, 3.63) is 46.3 Å². The Kier molecular flexibility index (Phi) is 5.11. The fraction of sp³-hybridized carbons (Fsp3) is 0.263. The van der Waals surface area contributed by atoms with E-state index in [0.29, 0.717) is 16.3 Å². The minimum absolute atomic E-state index is 0.165. The van der Waals surface area contributed by atoms with Crippen LogP contribution in [0.3, 0.4) is 0 Å². The molecule has 0 radical (unpaired) electrons. The number of thiazole rings is 1. The molecule has 1 saturated heterocycles. The normalized spacial score (nSPS) is 14.3. The molecule has 1 aromatic carbocycles. The van der Waals surface area contributed by atoms with Crippen LogP contribution in [0.15, 0.2) is 35.7 Å². The number of nitrogens with two attached hydrogens (primary N) is 1. The number of piperazine rings is 1. The van der Waals surface area contributed by atoms with E-state index in [1.807, 2.05) is 36.6 Å². The van der Waals surface area contributed by atoms with E-state index in [9.17, 15) is 4.79 Å². The Labute approximate surface area is 166 Å². The molecule has 1 aliphatic rings. The third kappa shape index (κ3) is 3.83. The maximum Gasteiger partial charge on any atom is 0.267 e. The number of nitrogens with one attached hydrogen (secondary N) is 2. The molecular formula is C19H21N5OS2. The van der Waals surface area contributed by atoms with E-state index in [0.717, 1.165) is 47.4 Å². The van der Waals surface area contributed by atoms with Gasteiger partial charge in [0.25, 0.3) is 5.91 Å². The third-order valence-electron chi connectivity index (χ3n) is 4.49. The molecular weight excluding hydrogens is 378 g/mol. The standard InChI is InChI=1S/C19H21N5OS2/c1-12-17(27-19(22-12)24-8-6-21-7-9-24)18(25)23-15-11-13(4-5-14(15)20)16-3-2-10-26-16/h2-5,10-11,21H,6-9,20H2,1H3,(H,23,25). The number of nitrogen functional groups attached to an aromatic ring is 1. The van der Waals surface area contributed by atoms with Gasteiger partial charge in [-0.1, -0.05) is 23.5 Å². The molecule has 1 aliphatic heterocycles. The van der Waals surface area contributed by atoms with Gasteiger partial charge in [-0.15, -0.1) is 11.3 Å². The zero-order valence-electron chi connectivity index (χ0n) is 15.0. The van der Waals surface area contributed by atoms with E-state index in [2.05, 4.69) is 26.6 Å². The van der Waals surface area contributed by atoms with Gasteiger partial charge in [0.15, 0.2) is 5.13 Å². The zero-order chi connectivity index (χ0) is 18.8. The van der Waals surface area contributed by atoms with Gasteiger partial charge in [0.2, 0.25) is 0 Å². The van der Waals surface area contributed by atoms with Crippen molar-refractivity contribution in [1.29, 1.82) is 0 Å². The van der Waals surface area contributed by atoms with Gasteiger partial charge in [-0.2, -0.15) is 0 Å². The van der Waals surface area contributed by atoms with E-state index in [1.165, 1.54) is 11.3 Å². The first-order chi connectivity index (χ1) is 13.1. The lowest BCUT2D eigenvalue weighted by Crippen LogP contribution is -2.43. The van der Waals surface area contributed by atoms with Gasteiger partial charge in [0.05, 0.1) is 17.1 Å². The van der Waals surface area contributed by atoms with E-state index in [4.69, 9.17) is 5.73 Å². The summed E-state index contributed by atoms with van der Waals surface area (Å²) in [6.07, 6.45) is 0. The number of thiophene rings is 1. The van der Waals surface area contributed by atoms with Crippen LogP contribution in [0, 0.1) is 6.92 Å². The third-order valence-corrected chi connectivity index (χ3v) is 6.62. The highest BCUT2D eigenvalue weighted by molar-refractivity contribution is 7.17. The van der Waals surface area contributed by atoms with Crippen LogP contribution in [-0.2, 0) is 0 Å². The number of carbonyl (C=O) groups is 1. The minimum atomic E-state index is -0.165. The van der Waals surface area contributed by atoms with Crippen LogP contribution < -0.4 is 21.3 Å². The topological polar surface area (TPSA) is 83.3 Å². The second-order valence-corrected chi connectivity index (χ2v) is 8.31. The molecule has 4 N–H and O–H groups in total. The van der Waals surface area contributed by atoms with E-state index >= 15 is 0 Å². The molecule has 3 heterocycles. The summed E-state index contributed by atoms with van der Waals surface area (Å²) in [7, 11) is 0. The summed E-state index contributed by atoms with van der Waals surface area (Å²) in [5.41, 5.74) is 9.06. The van der Waals surface area contributed by atoms with Gasteiger partial charge in [-0.25, -0.2) is 4.98 Å². The molecule has 27 heavy (non-hydrogen) atoms. The average molecular weight is 400 g/mol. The van der Waals surface area contributed by atoms with Crippen molar-refractivity contribution in [3.8, 4) is 10.4 Å². The molecule has 0 unspecified atom stereocenters. The second-order valence-electron chi connectivity index (χ2n) is 6.38. The summed E-state index contributed by atoms with van der Waals surface area (Å²) in [6.45, 7) is 5.56. The Bertz CT molecular complexity index is 945. The number of aromatic nitrogens is 1. The number of carbonyl (C=O) groups excluding carboxylic acids is 1. The summed E-state index contributed by atoms with van der Waals surface area (Å²) in [4.78, 5) is 21.4. The molecule has 2 aromatic heterocycles. The highest BCUT2D eigenvalue weighted by Gasteiger charge is 2.21. The summed E-state index contributed by atoms with van der Waals surface area (Å²) in [6, 6.07) is 9.78. The molecule has 140 valence electrons. The maximum absolute atomic E-state index is 12.9. The first-order valence-electron chi connectivity index (χ1n) is 8.79. The summed E-state index contributed by atoms with van der Waals surface area (Å²) >= 11 is 3.09. The average Bonchev–Trinajstić information content (AvgIpc) is 3.34. The predicted octanol–water partition coefficient (Wildman–Crippen LogP) is 3.42. The van der Waals surface area contributed by atoms with Crippen LogP contribution in [0.2, 0.25) is 0 Å². The van der Waals surface area contributed by atoms with Crippen molar-refractivity contribution < 1.29 is 4.79 Å². The first-order valence-corrected chi connectivity index (χ1v) is 10.5. The van der Waals surface area contributed by atoms with Crippen LogP contribution >= 0.6 is 22.7 Å².